The molecule has 2 rings (SSSR count). The molecule has 0 radical (unpaired) electrons. The molecule has 0 spiro atoms. The third-order valence-electron chi connectivity index (χ3n) is 5.13. The van der Waals surface area contributed by atoms with E-state index in [-0.39, 0.29) is 36.3 Å². The zero-order valence-corrected chi connectivity index (χ0v) is 18.8. The fourth-order valence-corrected chi connectivity index (χ4v) is 2.80. The lowest BCUT2D eigenvalue weighted by Gasteiger charge is -2.32. The van der Waals surface area contributed by atoms with Gasteiger partial charge in [-0.05, 0) is 46.2 Å². The van der Waals surface area contributed by atoms with E-state index in [1.807, 2.05) is 27.7 Å². The van der Waals surface area contributed by atoms with Crippen LogP contribution in [0.4, 0.5) is 4.39 Å². The van der Waals surface area contributed by atoms with Crippen molar-refractivity contribution < 1.29 is 28.0 Å². The van der Waals surface area contributed by atoms with Crippen LogP contribution in [0, 0.1) is 5.82 Å². The second-order valence-electron chi connectivity index (χ2n) is 7.89. The molecule has 1 atom stereocenters. The second-order valence-corrected chi connectivity index (χ2v) is 8.30. The van der Waals surface area contributed by atoms with Gasteiger partial charge in [0.1, 0.15) is 11.6 Å². The number of ether oxygens (including phenoxy) is 2. The van der Waals surface area contributed by atoms with E-state index in [1.165, 1.54) is 12.1 Å². The molecular formula is C19H29BCl2FNO5. The number of carbonyl (C=O) groups excluding carboxylic acids is 1. The van der Waals surface area contributed by atoms with Crippen molar-refractivity contribution >= 4 is 37.0 Å². The van der Waals surface area contributed by atoms with E-state index in [4.69, 9.17) is 36.1 Å². The van der Waals surface area contributed by atoms with Gasteiger partial charge in [0.05, 0.1) is 29.4 Å². The average Bonchev–Trinajstić information content (AvgIpc) is 2.80. The minimum atomic E-state index is -0.531. The summed E-state index contributed by atoms with van der Waals surface area (Å²) in [4.78, 5) is 10.9. The Morgan fingerprint density at radius 3 is 2.41 bits per heavy atom. The number of carbonyl (C=O) groups is 1. The maximum atomic E-state index is 13.5. The second kappa shape index (κ2) is 10.8. The van der Waals surface area contributed by atoms with Crippen LogP contribution in [0.5, 0.6) is 5.75 Å². The van der Waals surface area contributed by atoms with Gasteiger partial charge in [-0.15, -0.1) is 12.4 Å². The zero-order valence-electron chi connectivity index (χ0n) is 17.2. The summed E-state index contributed by atoms with van der Waals surface area (Å²) in [5.74, 6) is -0.688. The molecular weight excluding hydrogens is 423 g/mol. The Labute approximate surface area is 183 Å². The molecule has 1 aromatic carbocycles. The number of rotatable bonds is 10. The minimum Gasteiger partial charge on any atom is -0.494 e. The van der Waals surface area contributed by atoms with Gasteiger partial charge in [0, 0.05) is 24.9 Å². The zero-order chi connectivity index (χ0) is 20.9. The van der Waals surface area contributed by atoms with Crippen LogP contribution in [0.15, 0.2) is 18.2 Å². The van der Waals surface area contributed by atoms with Crippen molar-refractivity contribution in [3.8, 4) is 5.75 Å². The molecule has 10 heteroatoms. The number of hydrogen-bond donors (Lipinski definition) is 1. The summed E-state index contributed by atoms with van der Waals surface area (Å²) >= 11 is 5.68. The maximum absolute atomic E-state index is 13.5. The Morgan fingerprint density at radius 1 is 1.24 bits per heavy atom. The highest BCUT2D eigenvalue weighted by molar-refractivity contribution is 6.47. The van der Waals surface area contributed by atoms with E-state index >= 15 is 0 Å². The predicted molar refractivity (Wildman–Crippen MR) is 113 cm³/mol. The van der Waals surface area contributed by atoms with E-state index < -0.39 is 30.0 Å². The lowest BCUT2D eigenvalue weighted by Crippen LogP contribution is -2.41. The molecule has 0 saturated carbocycles. The fourth-order valence-electron chi connectivity index (χ4n) is 2.68. The van der Waals surface area contributed by atoms with Gasteiger partial charge < -0.3 is 24.5 Å². The third kappa shape index (κ3) is 7.29. The Balaban J connectivity index is 0.00000420. The first-order chi connectivity index (χ1) is 13.0. The number of amides is 1. The van der Waals surface area contributed by atoms with Gasteiger partial charge in [0.2, 0.25) is 5.91 Å². The molecule has 164 valence electrons. The smallest absolute Gasteiger partial charge is 0.463 e. The quantitative estimate of drug-likeness (QED) is 0.429. The van der Waals surface area contributed by atoms with Gasteiger partial charge in [-0.1, -0.05) is 11.6 Å². The molecule has 1 aromatic rings. The summed E-state index contributed by atoms with van der Waals surface area (Å²) in [7, 11) is -0.482. The van der Waals surface area contributed by atoms with Gasteiger partial charge in [-0.25, -0.2) is 4.39 Å². The number of halogens is 3. The number of benzene rings is 1. The highest BCUT2D eigenvalue weighted by Gasteiger charge is 2.53. The number of nitrogens with two attached hydrogens (primary N) is 1. The van der Waals surface area contributed by atoms with E-state index in [0.717, 1.165) is 0 Å². The average molecular weight is 452 g/mol. The molecule has 0 bridgehead atoms. The lowest BCUT2D eigenvalue weighted by molar-refractivity contribution is -0.119. The summed E-state index contributed by atoms with van der Waals surface area (Å²) in [5, 5.41) is 0.0466. The van der Waals surface area contributed by atoms with Crippen LogP contribution >= 0.6 is 24.0 Å². The molecule has 6 nitrogen and oxygen atoms in total. The Bertz CT molecular complexity index is 677. The first kappa shape index (κ1) is 26.0. The molecule has 1 amide bonds. The first-order valence-corrected chi connectivity index (χ1v) is 9.69. The SMILES string of the molecule is CC1(C)OB([C@@H](CCOc2ccc(Cl)c(F)c2)COCCC(N)=O)OC1(C)C.Cl. The third-order valence-corrected chi connectivity index (χ3v) is 5.44. The standard InChI is InChI=1S/C19H28BClFNO5.ClH/c1-18(2)19(3,4)28-20(27-18)13(12-25-9-8-17(23)24)7-10-26-14-5-6-15(21)16(22)11-14;/h5-6,11,13H,7-10,12H2,1-4H3,(H2,23,24);1H/t13-;/m0./s1. The molecule has 1 fully saturated rings. The van der Waals surface area contributed by atoms with Gasteiger partial charge in [-0.3, -0.25) is 4.79 Å². The monoisotopic (exact) mass is 451 g/mol. The van der Waals surface area contributed by atoms with Crippen molar-refractivity contribution in [1.82, 2.24) is 0 Å². The van der Waals surface area contributed by atoms with Crippen LogP contribution < -0.4 is 10.5 Å². The Kier molecular flexibility index (Phi) is 9.69. The van der Waals surface area contributed by atoms with Crippen molar-refractivity contribution in [3.05, 3.63) is 29.0 Å². The summed E-state index contributed by atoms with van der Waals surface area (Å²) < 4.78 is 37.0. The minimum absolute atomic E-state index is 0. The van der Waals surface area contributed by atoms with Crippen LogP contribution in [0.2, 0.25) is 10.8 Å². The van der Waals surface area contributed by atoms with Crippen LogP contribution in [-0.2, 0) is 18.8 Å². The Hall–Kier alpha value is -1.06. The largest absolute Gasteiger partial charge is 0.494 e. The van der Waals surface area contributed by atoms with Crippen LogP contribution in [0.1, 0.15) is 40.5 Å². The molecule has 29 heavy (non-hydrogen) atoms. The molecule has 1 saturated heterocycles. The fraction of sp³-hybridized carbons (Fsp3) is 0.632. The van der Waals surface area contributed by atoms with E-state index in [1.54, 1.807) is 6.07 Å². The van der Waals surface area contributed by atoms with Gasteiger partial charge in [0.15, 0.2) is 0 Å². The van der Waals surface area contributed by atoms with E-state index in [0.29, 0.717) is 25.4 Å². The first-order valence-electron chi connectivity index (χ1n) is 9.31. The van der Waals surface area contributed by atoms with Crippen LogP contribution in [0.3, 0.4) is 0 Å². The normalized spacial score (nSPS) is 18.2. The van der Waals surface area contributed by atoms with Gasteiger partial charge in [-0.2, -0.15) is 0 Å². The topological polar surface area (TPSA) is 80.0 Å². The number of hydrogen-bond acceptors (Lipinski definition) is 5. The molecule has 0 aliphatic carbocycles. The van der Waals surface area contributed by atoms with Crippen molar-refractivity contribution in [3.63, 3.8) is 0 Å². The molecule has 2 N–H and O–H groups in total. The highest BCUT2D eigenvalue weighted by atomic mass is 35.5. The molecule has 0 unspecified atom stereocenters. The van der Waals surface area contributed by atoms with E-state index in [9.17, 15) is 9.18 Å². The number of primary amides is 1. The lowest BCUT2D eigenvalue weighted by atomic mass is 9.70. The van der Waals surface area contributed by atoms with Crippen molar-refractivity contribution in [1.29, 1.82) is 0 Å². The summed E-state index contributed by atoms with van der Waals surface area (Å²) in [6.07, 6.45) is 0.703. The van der Waals surface area contributed by atoms with Gasteiger partial charge >= 0.3 is 7.12 Å². The maximum Gasteiger partial charge on any atom is 0.463 e. The summed E-state index contributed by atoms with van der Waals surface area (Å²) in [5.41, 5.74) is 4.20. The van der Waals surface area contributed by atoms with Gasteiger partial charge in [0.25, 0.3) is 0 Å². The van der Waals surface area contributed by atoms with E-state index in [2.05, 4.69) is 0 Å². The molecule has 0 aromatic heterocycles. The predicted octanol–water partition coefficient (Wildman–Crippen LogP) is 4.02. The van der Waals surface area contributed by atoms with Crippen molar-refractivity contribution in [2.75, 3.05) is 19.8 Å². The summed E-state index contributed by atoms with van der Waals surface area (Å²) in [6, 6.07) is 4.30. The highest BCUT2D eigenvalue weighted by Crippen LogP contribution is 2.40. The van der Waals surface area contributed by atoms with Crippen molar-refractivity contribution in [2.45, 2.75) is 57.6 Å². The van der Waals surface area contributed by atoms with Crippen molar-refractivity contribution in [2.24, 2.45) is 5.73 Å². The Morgan fingerprint density at radius 2 is 1.86 bits per heavy atom. The molecule has 1 aliphatic heterocycles. The summed E-state index contributed by atoms with van der Waals surface area (Å²) in [6.45, 7) is 8.78. The molecule has 1 heterocycles. The van der Waals surface area contributed by atoms with Crippen LogP contribution in [0.25, 0.3) is 0 Å². The van der Waals surface area contributed by atoms with Crippen LogP contribution in [-0.4, -0.2) is 44.0 Å². The molecule has 1 aliphatic rings.